The fourth-order valence-corrected chi connectivity index (χ4v) is 2.31. The lowest BCUT2D eigenvalue weighted by atomic mass is 10.0. The van der Waals surface area contributed by atoms with Crippen LogP contribution < -0.4 is 4.90 Å². The first-order valence-electron chi connectivity index (χ1n) is 6.24. The van der Waals surface area contributed by atoms with E-state index in [2.05, 4.69) is 4.90 Å². The van der Waals surface area contributed by atoms with Crippen molar-refractivity contribution in [1.82, 2.24) is 0 Å². The third-order valence-electron chi connectivity index (χ3n) is 3.44. The number of aliphatic hydroxyl groups excluding tert-OH is 1. The van der Waals surface area contributed by atoms with Gasteiger partial charge < -0.3 is 14.7 Å². The van der Waals surface area contributed by atoms with E-state index in [0.717, 1.165) is 37.2 Å². The van der Waals surface area contributed by atoms with Crippen molar-refractivity contribution in [3.05, 3.63) is 29.3 Å². The zero-order valence-electron chi connectivity index (χ0n) is 10.8. The summed E-state index contributed by atoms with van der Waals surface area (Å²) >= 11 is 0. The highest BCUT2D eigenvalue weighted by Crippen LogP contribution is 2.23. The second-order valence-electron chi connectivity index (χ2n) is 4.71. The number of anilines is 1. The molecule has 1 fully saturated rings. The van der Waals surface area contributed by atoms with Crippen molar-refractivity contribution < 1.29 is 14.6 Å². The van der Waals surface area contributed by atoms with Gasteiger partial charge in [0, 0.05) is 18.8 Å². The number of piperidine rings is 1. The molecule has 0 bridgehead atoms. The van der Waals surface area contributed by atoms with Crippen LogP contribution in [0.25, 0.3) is 0 Å². The van der Waals surface area contributed by atoms with E-state index in [9.17, 15) is 9.90 Å². The molecular formula is C14H19NO3. The minimum Gasteiger partial charge on any atom is -0.465 e. The van der Waals surface area contributed by atoms with Gasteiger partial charge >= 0.3 is 5.97 Å². The molecule has 0 unspecified atom stereocenters. The fraction of sp³-hybridized carbons (Fsp3) is 0.500. The Morgan fingerprint density at radius 2 is 2.06 bits per heavy atom. The molecule has 1 aliphatic heterocycles. The number of aliphatic hydroxyl groups is 1. The van der Waals surface area contributed by atoms with Crippen LogP contribution in [0.4, 0.5) is 5.69 Å². The summed E-state index contributed by atoms with van der Waals surface area (Å²) in [6.45, 7) is 3.63. The molecule has 2 rings (SSSR count). The highest BCUT2D eigenvalue weighted by atomic mass is 16.5. The predicted molar refractivity (Wildman–Crippen MR) is 70.0 cm³/mol. The van der Waals surface area contributed by atoms with Gasteiger partial charge in [0.2, 0.25) is 0 Å². The lowest BCUT2D eigenvalue weighted by molar-refractivity contribution is 0.0600. The van der Waals surface area contributed by atoms with Crippen LogP contribution in [0, 0.1) is 6.92 Å². The summed E-state index contributed by atoms with van der Waals surface area (Å²) < 4.78 is 4.73. The molecule has 1 aliphatic rings. The van der Waals surface area contributed by atoms with Crippen molar-refractivity contribution in [2.75, 3.05) is 25.1 Å². The largest absolute Gasteiger partial charge is 0.465 e. The van der Waals surface area contributed by atoms with Crippen molar-refractivity contribution in [3.63, 3.8) is 0 Å². The predicted octanol–water partition coefficient (Wildman–Crippen LogP) is 1.74. The molecule has 1 heterocycles. The molecule has 0 spiro atoms. The Balaban J connectivity index is 2.16. The number of carbonyl (C=O) groups is 1. The molecule has 0 radical (unpaired) electrons. The third-order valence-corrected chi connectivity index (χ3v) is 3.44. The minimum atomic E-state index is -0.298. The second kappa shape index (κ2) is 5.40. The smallest absolute Gasteiger partial charge is 0.338 e. The molecule has 1 aromatic carbocycles. The number of benzene rings is 1. The fourth-order valence-electron chi connectivity index (χ4n) is 2.31. The lowest BCUT2D eigenvalue weighted by Crippen LogP contribution is -2.35. The first-order chi connectivity index (χ1) is 8.61. The minimum absolute atomic E-state index is 0.170. The van der Waals surface area contributed by atoms with E-state index in [-0.39, 0.29) is 12.1 Å². The molecule has 0 atom stereocenters. The van der Waals surface area contributed by atoms with Gasteiger partial charge in [-0.1, -0.05) is 0 Å². The van der Waals surface area contributed by atoms with Gasteiger partial charge in [-0.15, -0.1) is 0 Å². The average molecular weight is 249 g/mol. The van der Waals surface area contributed by atoms with Crippen LogP contribution in [0.3, 0.4) is 0 Å². The number of aryl methyl sites for hydroxylation is 1. The quantitative estimate of drug-likeness (QED) is 0.811. The van der Waals surface area contributed by atoms with Crippen LogP contribution in [-0.2, 0) is 4.74 Å². The molecule has 1 saturated heterocycles. The number of ether oxygens (including phenoxy) is 1. The SMILES string of the molecule is COC(=O)c1ccc(N2CCC(O)CC2)cc1C. The van der Waals surface area contributed by atoms with Crippen LogP contribution in [0.15, 0.2) is 18.2 Å². The first-order valence-corrected chi connectivity index (χ1v) is 6.24. The Hall–Kier alpha value is -1.55. The van der Waals surface area contributed by atoms with E-state index < -0.39 is 0 Å². The van der Waals surface area contributed by atoms with Crippen molar-refractivity contribution in [1.29, 1.82) is 0 Å². The number of esters is 1. The first kappa shape index (κ1) is 12.9. The van der Waals surface area contributed by atoms with Crippen LogP contribution in [-0.4, -0.2) is 37.4 Å². The van der Waals surface area contributed by atoms with Gasteiger partial charge in [0.1, 0.15) is 0 Å². The van der Waals surface area contributed by atoms with E-state index in [1.807, 2.05) is 25.1 Å². The molecule has 4 nitrogen and oxygen atoms in total. The third kappa shape index (κ3) is 2.64. The van der Waals surface area contributed by atoms with E-state index >= 15 is 0 Å². The molecular weight excluding hydrogens is 230 g/mol. The highest BCUT2D eigenvalue weighted by molar-refractivity contribution is 5.91. The molecule has 0 aromatic heterocycles. The monoisotopic (exact) mass is 249 g/mol. The molecule has 0 amide bonds. The molecule has 1 aromatic rings. The Morgan fingerprint density at radius 1 is 1.39 bits per heavy atom. The maximum atomic E-state index is 11.5. The van der Waals surface area contributed by atoms with Crippen molar-refractivity contribution in [2.45, 2.75) is 25.9 Å². The number of rotatable bonds is 2. The Morgan fingerprint density at radius 3 is 2.61 bits per heavy atom. The summed E-state index contributed by atoms with van der Waals surface area (Å²) in [7, 11) is 1.39. The normalized spacial score (nSPS) is 16.7. The zero-order valence-corrected chi connectivity index (χ0v) is 10.8. The van der Waals surface area contributed by atoms with E-state index in [0.29, 0.717) is 5.56 Å². The van der Waals surface area contributed by atoms with Crippen LogP contribution >= 0.6 is 0 Å². The Kier molecular flexibility index (Phi) is 3.87. The summed E-state index contributed by atoms with van der Waals surface area (Å²) in [5.41, 5.74) is 2.64. The van der Waals surface area contributed by atoms with Crippen molar-refractivity contribution >= 4 is 11.7 Å². The summed E-state index contributed by atoms with van der Waals surface area (Å²) in [4.78, 5) is 13.7. The van der Waals surface area contributed by atoms with E-state index in [4.69, 9.17) is 4.74 Å². The second-order valence-corrected chi connectivity index (χ2v) is 4.71. The van der Waals surface area contributed by atoms with Crippen molar-refractivity contribution in [3.8, 4) is 0 Å². The van der Waals surface area contributed by atoms with Crippen LogP contribution in [0.2, 0.25) is 0 Å². The van der Waals surface area contributed by atoms with E-state index in [1.54, 1.807) is 0 Å². The molecule has 0 aliphatic carbocycles. The number of hydrogen-bond acceptors (Lipinski definition) is 4. The van der Waals surface area contributed by atoms with Gasteiger partial charge in [-0.3, -0.25) is 0 Å². The Bertz CT molecular complexity index is 437. The summed E-state index contributed by atoms with van der Waals surface area (Å²) in [6, 6.07) is 5.75. The Labute approximate surface area is 107 Å². The number of nitrogens with zero attached hydrogens (tertiary/aromatic N) is 1. The van der Waals surface area contributed by atoms with Gasteiger partial charge in [0.25, 0.3) is 0 Å². The number of methoxy groups -OCH3 is 1. The summed E-state index contributed by atoms with van der Waals surface area (Å²) in [5.74, 6) is -0.298. The topological polar surface area (TPSA) is 49.8 Å². The summed E-state index contributed by atoms with van der Waals surface area (Å²) in [6.07, 6.45) is 1.44. The molecule has 0 saturated carbocycles. The van der Waals surface area contributed by atoms with Crippen molar-refractivity contribution in [2.24, 2.45) is 0 Å². The molecule has 1 N–H and O–H groups in total. The van der Waals surface area contributed by atoms with Crippen LogP contribution in [0.1, 0.15) is 28.8 Å². The number of carbonyl (C=O) groups excluding carboxylic acids is 1. The van der Waals surface area contributed by atoms with Gasteiger partial charge in [-0.25, -0.2) is 4.79 Å². The average Bonchev–Trinajstić information content (AvgIpc) is 2.38. The lowest BCUT2D eigenvalue weighted by Gasteiger charge is -2.31. The molecule has 98 valence electrons. The zero-order chi connectivity index (χ0) is 13.1. The van der Waals surface area contributed by atoms with Crippen LogP contribution in [0.5, 0.6) is 0 Å². The van der Waals surface area contributed by atoms with Gasteiger partial charge in [0.05, 0.1) is 18.8 Å². The van der Waals surface area contributed by atoms with E-state index in [1.165, 1.54) is 7.11 Å². The number of hydrogen-bond donors (Lipinski definition) is 1. The standard InChI is InChI=1S/C14H19NO3/c1-10-9-11(3-4-13(10)14(17)18-2)15-7-5-12(16)6-8-15/h3-4,9,12,16H,5-8H2,1-2H3. The van der Waals surface area contributed by atoms with Gasteiger partial charge in [-0.05, 0) is 43.5 Å². The van der Waals surface area contributed by atoms with Gasteiger partial charge in [-0.2, -0.15) is 0 Å². The highest BCUT2D eigenvalue weighted by Gasteiger charge is 2.18. The molecule has 4 heteroatoms. The maximum absolute atomic E-state index is 11.5. The summed E-state index contributed by atoms with van der Waals surface area (Å²) in [5, 5.41) is 9.49. The molecule has 18 heavy (non-hydrogen) atoms. The maximum Gasteiger partial charge on any atom is 0.338 e. The van der Waals surface area contributed by atoms with Gasteiger partial charge in [0.15, 0.2) is 0 Å².